The van der Waals surface area contributed by atoms with E-state index in [0.29, 0.717) is 12.2 Å². The summed E-state index contributed by atoms with van der Waals surface area (Å²) in [5.41, 5.74) is 10.3. The van der Waals surface area contributed by atoms with Crippen LogP contribution in [0.15, 0.2) is 24.3 Å². The van der Waals surface area contributed by atoms with Gasteiger partial charge in [-0.3, -0.25) is 9.59 Å². The minimum atomic E-state index is -0.452. The van der Waals surface area contributed by atoms with Gasteiger partial charge < -0.3 is 15.8 Å². The van der Waals surface area contributed by atoms with Crippen molar-refractivity contribution >= 4 is 23.6 Å². The van der Waals surface area contributed by atoms with Crippen molar-refractivity contribution in [1.29, 1.82) is 0 Å². The molecule has 0 saturated heterocycles. The molecule has 2 aromatic heterocycles. The highest BCUT2D eigenvalue weighted by Crippen LogP contribution is 2.16. The summed E-state index contributed by atoms with van der Waals surface area (Å²) in [6.07, 6.45) is 1.51. The number of hydrogen-bond donors (Lipinski definition) is 2. The predicted octanol–water partition coefficient (Wildman–Crippen LogP) is 2.24. The maximum Gasteiger partial charge on any atom is 0.306 e. The second-order valence-corrected chi connectivity index (χ2v) is 7.49. The number of nitrogens with one attached hydrogen (secondary N) is 1. The smallest absolute Gasteiger partial charge is 0.306 e. The number of nitrogen functional groups attached to an aromatic ring is 1. The Balaban J connectivity index is 1.50. The maximum absolute atomic E-state index is 12.2. The Morgan fingerprint density at radius 1 is 1.19 bits per heavy atom. The lowest BCUT2D eigenvalue weighted by Crippen LogP contribution is -2.31. The third-order valence-corrected chi connectivity index (χ3v) is 5.27. The first-order chi connectivity index (χ1) is 14.8. The van der Waals surface area contributed by atoms with Crippen LogP contribution < -0.4 is 11.1 Å². The Kier molecular flexibility index (Phi) is 6.84. The van der Waals surface area contributed by atoms with Crippen molar-refractivity contribution in [2.24, 2.45) is 0 Å². The Bertz CT molecular complexity index is 1090. The van der Waals surface area contributed by atoms with Crippen molar-refractivity contribution in [3.8, 4) is 0 Å². The zero-order chi connectivity index (χ0) is 22.5. The second kappa shape index (κ2) is 9.55. The number of ether oxygens (including phenoxy) is 1. The molecule has 2 heterocycles. The monoisotopic (exact) mass is 424 g/mol. The van der Waals surface area contributed by atoms with Gasteiger partial charge in [-0.1, -0.05) is 31.2 Å². The van der Waals surface area contributed by atoms with E-state index in [9.17, 15) is 9.59 Å². The minimum Gasteiger partial charge on any atom is -0.456 e. The number of carbonyl (C=O) groups excluding carboxylic acids is 2. The number of esters is 1. The van der Waals surface area contributed by atoms with Crippen molar-refractivity contribution in [3.05, 3.63) is 52.3 Å². The number of rotatable bonds is 8. The van der Waals surface area contributed by atoms with Crippen LogP contribution in [0.25, 0.3) is 5.78 Å². The molecule has 0 unspecified atom stereocenters. The van der Waals surface area contributed by atoms with Crippen LogP contribution in [0.5, 0.6) is 0 Å². The fourth-order valence-electron chi connectivity index (χ4n) is 3.44. The van der Waals surface area contributed by atoms with Gasteiger partial charge in [0.2, 0.25) is 5.95 Å². The zero-order valence-electron chi connectivity index (χ0n) is 18.3. The SMILES string of the molecule is CCc1ccc([C@@H](C)NC(=O)COC(=O)CCc2c(C)nc3nc(N)nn3c2C)cc1. The van der Waals surface area contributed by atoms with Crippen LogP contribution in [0.1, 0.15) is 54.4 Å². The lowest BCUT2D eigenvalue weighted by Gasteiger charge is -2.15. The van der Waals surface area contributed by atoms with E-state index in [1.165, 1.54) is 5.56 Å². The molecule has 164 valence electrons. The number of fused-ring (bicyclic) bond motifs is 1. The van der Waals surface area contributed by atoms with Crippen molar-refractivity contribution < 1.29 is 14.3 Å². The van der Waals surface area contributed by atoms with Gasteiger partial charge in [-0.25, -0.2) is 4.98 Å². The number of amides is 1. The number of aryl methyl sites for hydroxylation is 3. The number of carbonyl (C=O) groups is 2. The van der Waals surface area contributed by atoms with Crippen molar-refractivity contribution in [1.82, 2.24) is 24.9 Å². The molecule has 9 heteroatoms. The fourth-order valence-corrected chi connectivity index (χ4v) is 3.44. The van der Waals surface area contributed by atoms with E-state index in [2.05, 4.69) is 27.3 Å². The van der Waals surface area contributed by atoms with E-state index in [1.807, 2.05) is 45.0 Å². The van der Waals surface area contributed by atoms with Gasteiger partial charge in [-0.05, 0) is 50.3 Å². The average molecular weight is 425 g/mol. The Hall–Kier alpha value is -3.49. The van der Waals surface area contributed by atoms with Gasteiger partial charge in [-0.15, -0.1) is 5.10 Å². The number of nitrogens with zero attached hydrogens (tertiary/aromatic N) is 4. The van der Waals surface area contributed by atoms with Crippen LogP contribution in [0, 0.1) is 13.8 Å². The fraction of sp³-hybridized carbons (Fsp3) is 0.409. The Morgan fingerprint density at radius 3 is 2.58 bits per heavy atom. The molecule has 3 N–H and O–H groups in total. The standard InChI is InChI=1S/C22H28N6O3/c1-5-16-6-8-17(9-7-16)13(2)24-19(29)12-31-20(30)11-10-18-14(3)25-22-26-21(23)27-28(22)15(18)4/h6-9,13H,5,10-12H2,1-4H3,(H2,23,27)(H,24,29)/t13-/m1/s1. The molecule has 1 aromatic carbocycles. The first kappa shape index (κ1) is 22.2. The summed E-state index contributed by atoms with van der Waals surface area (Å²) in [7, 11) is 0. The molecule has 1 atom stereocenters. The molecule has 0 bridgehead atoms. The normalized spacial score (nSPS) is 12.0. The largest absolute Gasteiger partial charge is 0.456 e. The molecule has 31 heavy (non-hydrogen) atoms. The molecular formula is C22H28N6O3. The number of anilines is 1. The Labute approximate surface area is 181 Å². The van der Waals surface area contributed by atoms with Gasteiger partial charge in [0.25, 0.3) is 11.7 Å². The first-order valence-corrected chi connectivity index (χ1v) is 10.3. The Morgan fingerprint density at radius 2 is 1.90 bits per heavy atom. The van der Waals surface area contributed by atoms with Gasteiger partial charge in [0.1, 0.15) is 0 Å². The van der Waals surface area contributed by atoms with Crippen LogP contribution in [-0.4, -0.2) is 38.1 Å². The van der Waals surface area contributed by atoms with Crippen molar-refractivity contribution in [2.75, 3.05) is 12.3 Å². The third-order valence-electron chi connectivity index (χ3n) is 5.27. The number of hydrogen-bond acceptors (Lipinski definition) is 7. The molecule has 0 spiro atoms. The second-order valence-electron chi connectivity index (χ2n) is 7.49. The van der Waals surface area contributed by atoms with E-state index >= 15 is 0 Å². The molecule has 3 rings (SSSR count). The minimum absolute atomic E-state index is 0.125. The summed E-state index contributed by atoms with van der Waals surface area (Å²) in [5.74, 6) is -0.219. The topological polar surface area (TPSA) is 124 Å². The number of nitrogens with two attached hydrogens (primary N) is 1. The highest BCUT2D eigenvalue weighted by molar-refractivity contribution is 5.80. The van der Waals surface area contributed by atoms with Crippen LogP contribution in [0.4, 0.5) is 5.95 Å². The summed E-state index contributed by atoms with van der Waals surface area (Å²) < 4.78 is 6.70. The third kappa shape index (κ3) is 5.36. The molecular weight excluding hydrogens is 396 g/mol. The van der Waals surface area contributed by atoms with E-state index < -0.39 is 5.97 Å². The number of aromatic nitrogens is 4. The predicted molar refractivity (Wildman–Crippen MR) is 116 cm³/mol. The van der Waals surface area contributed by atoms with Gasteiger partial charge >= 0.3 is 5.97 Å². The van der Waals surface area contributed by atoms with Crippen LogP contribution in [0.3, 0.4) is 0 Å². The van der Waals surface area contributed by atoms with E-state index in [4.69, 9.17) is 10.5 Å². The zero-order valence-corrected chi connectivity index (χ0v) is 18.3. The van der Waals surface area contributed by atoms with Crippen LogP contribution >= 0.6 is 0 Å². The quantitative estimate of drug-likeness (QED) is 0.531. The van der Waals surface area contributed by atoms with Gasteiger partial charge in [0, 0.05) is 17.8 Å². The molecule has 3 aromatic rings. The molecule has 0 saturated carbocycles. The maximum atomic E-state index is 12.2. The molecule has 1 amide bonds. The molecule has 9 nitrogen and oxygen atoms in total. The van der Waals surface area contributed by atoms with Crippen molar-refractivity contribution in [3.63, 3.8) is 0 Å². The molecule has 0 fully saturated rings. The van der Waals surface area contributed by atoms with Crippen molar-refractivity contribution in [2.45, 2.75) is 53.0 Å². The van der Waals surface area contributed by atoms with Crippen LogP contribution in [0.2, 0.25) is 0 Å². The molecule has 0 aliphatic rings. The highest BCUT2D eigenvalue weighted by atomic mass is 16.5. The summed E-state index contributed by atoms with van der Waals surface area (Å²) in [5, 5.41) is 6.96. The molecule has 0 aliphatic carbocycles. The first-order valence-electron chi connectivity index (χ1n) is 10.3. The highest BCUT2D eigenvalue weighted by Gasteiger charge is 2.16. The lowest BCUT2D eigenvalue weighted by molar-refractivity contribution is -0.148. The van der Waals surface area contributed by atoms with Gasteiger partial charge in [-0.2, -0.15) is 9.50 Å². The summed E-state index contributed by atoms with van der Waals surface area (Å²) >= 11 is 0. The van der Waals surface area contributed by atoms with Crippen LogP contribution in [-0.2, 0) is 27.2 Å². The molecule has 0 aliphatic heterocycles. The molecule has 0 radical (unpaired) electrons. The number of benzene rings is 1. The van der Waals surface area contributed by atoms with E-state index in [0.717, 1.165) is 28.9 Å². The summed E-state index contributed by atoms with van der Waals surface area (Å²) in [4.78, 5) is 32.7. The van der Waals surface area contributed by atoms with E-state index in [-0.39, 0.29) is 30.9 Å². The average Bonchev–Trinajstić information content (AvgIpc) is 3.12. The van der Waals surface area contributed by atoms with Gasteiger partial charge in [0.15, 0.2) is 6.61 Å². The lowest BCUT2D eigenvalue weighted by atomic mass is 10.1. The summed E-state index contributed by atoms with van der Waals surface area (Å²) in [6, 6.07) is 7.90. The van der Waals surface area contributed by atoms with Gasteiger partial charge in [0.05, 0.1) is 6.04 Å². The van der Waals surface area contributed by atoms with E-state index in [1.54, 1.807) is 4.52 Å². The summed E-state index contributed by atoms with van der Waals surface area (Å²) in [6.45, 7) is 7.40.